The molecule has 16 heavy (non-hydrogen) atoms. The zero-order valence-corrected chi connectivity index (χ0v) is 8.66. The van der Waals surface area contributed by atoms with Crippen LogP contribution in [0.15, 0.2) is 22.6 Å². The number of nitriles is 1. The summed E-state index contributed by atoms with van der Waals surface area (Å²) in [6.07, 6.45) is 6.10. The van der Waals surface area contributed by atoms with Crippen LogP contribution in [0.4, 0.5) is 5.69 Å². The fourth-order valence-electron chi connectivity index (χ4n) is 2.13. The summed E-state index contributed by atoms with van der Waals surface area (Å²) < 4.78 is 5.74. The highest BCUT2D eigenvalue weighted by Crippen LogP contribution is 2.35. The lowest BCUT2D eigenvalue weighted by Crippen LogP contribution is -1.90. The van der Waals surface area contributed by atoms with E-state index in [2.05, 4.69) is 18.2 Å². The molecule has 0 spiro atoms. The molecule has 3 rings (SSSR count). The van der Waals surface area contributed by atoms with Crippen LogP contribution in [-0.4, -0.2) is 0 Å². The number of hydrogen-bond donors (Lipinski definition) is 1. The number of nitrogens with two attached hydrogens (primary N) is 1. The Bertz CT molecular complexity index is 644. The average molecular weight is 210 g/mol. The number of hydrogen-bond acceptors (Lipinski definition) is 3. The van der Waals surface area contributed by atoms with Gasteiger partial charge in [-0.15, -0.1) is 0 Å². The topological polar surface area (TPSA) is 63.0 Å². The maximum Gasteiger partial charge on any atom is 0.159 e. The largest absolute Gasteiger partial charge is 0.458 e. The SMILES string of the molecule is N#Cc1ccc2c3c(oc2c1N)CCC=C3. The maximum absolute atomic E-state index is 8.90. The minimum Gasteiger partial charge on any atom is -0.458 e. The fraction of sp³-hybridized carbons (Fsp3) is 0.154. The molecule has 0 saturated carbocycles. The number of nitrogen functional groups attached to an aromatic ring is 1. The molecule has 1 aliphatic carbocycles. The van der Waals surface area contributed by atoms with Crippen molar-refractivity contribution in [3.8, 4) is 6.07 Å². The van der Waals surface area contributed by atoms with Crippen LogP contribution in [0, 0.1) is 11.3 Å². The van der Waals surface area contributed by atoms with Gasteiger partial charge in [0.2, 0.25) is 0 Å². The highest BCUT2D eigenvalue weighted by Gasteiger charge is 2.17. The molecular formula is C13H10N2O. The van der Waals surface area contributed by atoms with Gasteiger partial charge in [0, 0.05) is 17.4 Å². The molecule has 0 atom stereocenters. The van der Waals surface area contributed by atoms with E-state index in [1.807, 2.05) is 6.07 Å². The second kappa shape index (κ2) is 3.14. The molecule has 2 aromatic rings. The molecule has 3 heteroatoms. The van der Waals surface area contributed by atoms with Gasteiger partial charge in [-0.3, -0.25) is 0 Å². The standard InChI is InChI=1S/C13H10N2O/c14-7-8-5-6-10-9-3-1-2-4-11(9)16-13(10)12(8)15/h1,3,5-6H,2,4,15H2. The molecule has 0 aliphatic heterocycles. The lowest BCUT2D eigenvalue weighted by molar-refractivity contribution is 0.547. The Morgan fingerprint density at radius 1 is 1.38 bits per heavy atom. The number of fused-ring (bicyclic) bond motifs is 3. The first kappa shape index (κ1) is 9.05. The van der Waals surface area contributed by atoms with Crippen LogP contribution < -0.4 is 5.73 Å². The zero-order valence-electron chi connectivity index (χ0n) is 8.66. The predicted molar refractivity (Wildman–Crippen MR) is 62.7 cm³/mol. The molecule has 3 nitrogen and oxygen atoms in total. The fourth-order valence-corrected chi connectivity index (χ4v) is 2.13. The van der Waals surface area contributed by atoms with Crippen molar-refractivity contribution in [2.45, 2.75) is 12.8 Å². The molecule has 0 amide bonds. The van der Waals surface area contributed by atoms with E-state index in [1.54, 1.807) is 6.07 Å². The van der Waals surface area contributed by atoms with E-state index in [-0.39, 0.29) is 0 Å². The number of benzene rings is 1. The molecule has 1 aromatic carbocycles. The number of aryl methyl sites for hydroxylation is 1. The van der Waals surface area contributed by atoms with Gasteiger partial charge in [0.05, 0.1) is 11.3 Å². The zero-order chi connectivity index (χ0) is 11.1. The van der Waals surface area contributed by atoms with Gasteiger partial charge in [0.15, 0.2) is 5.58 Å². The van der Waals surface area contributed by atoms with Crippen molar-refractivity contribution in [2.75, 3.05) is 5.73 Å². The van der Waals surface area contributed by atoms with Gasteiger partial charge in [0.25, 0.3) is 0 Å². The van der Waals surface area contributed by atoms with Gasteiger partial charge >= 0.3 is 0 Å². The second-order valence-corrected chi connectivity index (χ2v) is 3.90. The average Bonchev–Trinajstić information content (AvgIpc) is 2.69. The van der Waals surface area contributed by atoms with E-state index < -0.39 is 0 Å². The molecule has 0 fully saturated rings. The molecule has 1 heterocycles. The van der Waals surface area contributed by atoms with Crippen LogP contribution in [0.25, 0.3) is 17.0 Å². The summed E-state index contributed by atoms with van der Waals surface area (Å²) in [4.78, 5) is 0. The lowest BCUT2D eigenvalue weighted by Gasteiger charge is -2.01. The lowest BCUT2D eigenvalue weighted by atomic mass is 10.0. The smallest absolute Gasteiger partial charge is 0.159 e. The number of nitrogens with zero attached hydrogens (tertiary/aromatic N) is 1. The van der Waals surface area contributed by atoms with Crippen LogP contribution >= 0.6 is 0 Å². The van der Waals surface area contributed by atoms with Gasteiger partial charge < -0.3 is 10.2 Å². The highest BCUT2D eigenvalue weighted by molar-refractivity contribution is 5.97. The Labute approximate surface area is 92.8 Å². The first-order valence-electron chi connectivity index (χ1n) is 5.22. The van der Waals surface area contributed by atoms with Crippen molar-refractivity contribution in [3.63, 3.8) is 0 Å². The first-order valence-corrected chi connectivity index (χ1v) is 5.22. The maximum atomic E-state index is 8.90. The number of furan rings is 1. The monoisotopic (exact) mass is 210 g/mol. The Kier molecular flexibility index (Phi) is 1.78. The number of rotatable bonds is 0. The summed E-state index contributed by atoms with van der Waals surface area (Å²) in [5.41, 5.74) is 8.58. The molecule has 2 N–H and O–H groups in total. The van der Waals surface area contributed by atoms with Crippen LogP contribution in [0.5, 0.6) is 0 Å². The molecule has 1 aromatic heterocycles. The van der Waals surface area contributed by atoms with Crippen LogP contribution in [0.2, 0.25) is 0 Å². The molecule has 0 bridgehead atoms. The van der Waals surface area contributed by atoms with E-state index >= 15 is 0 Å². The van der Waals surface area contributed by atoms with Crippen molar-refractivity contribution in [1.29, 1.82) is 5.26 Å². The highest BCUT2D eigenvalue weighted by atomic mass is 16.3. The summed E-state index contributed by atoms with van der Waals surface area (Å²) in [5.74, 6) is 0.972. The van der Waals surface area contributed by atoms with Crippen LogP contribution in [0.1, 0.15) is 23.3 Å². The summed E-state index contributed by atoms with van der Waals surface area (Å²) in [7, 11) is 0. The normalized spacial score (nSPS) is 13.7. The van der Waals surface area contributed by atoms with Crippen molar-refractivity contribution < 1.29 is 4.42 Å². The Morgan fingerprint density at radius 3 is 3.06 bits per heavy atom. The molecule has 0 radical (unpaired) electrons. The quantitative estimate of drug-likeness (QED) is 0.680. The summed E-state index contributed by atoms with van der Waals surface area (Å²) in [6, 6.07) is 5.72. The third kappa shape index (κ3) is 1.07. The minimum absolute atomic E-state index is 0.447. The Hall–Kier alpha value is -2.21. The van der Waals surface area contributed by atoms with E-state index in [9.17, 15) is 0 Å². The number of anilines is 1. The third-order valence-electron chi connectivity index (χ3n) is 2.95. The molecule has 0 saturated heterocycles. The minimum atomic E-state index is 0.447. The van der Waals surface area contributed by atoms with Crippen LogP contribution in [-0.2, 0) is 6.42 Å². The second-order valence-electron chi connectivity index (χ2n) is 3.90. The van der Waals surface area contributed by atoms with Crippen LogP contribution in [0.3, 0.4) is 0 Å². The Morgan fingerprint density at radius 2 is 2.25 bits per heavy atom. The van der Waals surface area contributed by atoms with Gasteiger partial charge in [-0.05, 0) is 18.6 Å². The van der Waals surface area contributed by atoms with E-state index in [0.29, 0.717) is 16.8 Å². The summed E-state index contributed by atoms with van der Waals surface area (Å²) >= 11 is 0. The third-order valence-corrected chi connectivity index (χ3v) is 2.95. The van der Waals surface area contributed by atoms with Gasteiger partial charge in [0.1, 0.15) is 11.8 Å². The van der Waals surface area contributed by atoms with E-state index in [0.717, 1.165) is 29.6 Å². The molecule has 78 valence electrons. The Balaban J connectivity index is 2.40. The van der Waals surface area contributed by atoms with Gasteiger partial charge in [-0.2, -0.15) is 5.26 Å². The van der Waals surface area contributed by atoms with Crippen molar-refractivity contribution >= 4 is 22.7 Å². The summed E-state index contributed by atoms with van der Waals surface area (Å²) in [5, 5.41) is 9.90. The van der Waals surface area contributed by atoms with Crippen molar-refractivity contribution in [3.05, 3.63) is 35.1 Å². The van der Waals surface area contributed by atoms with E-state index in [1.165, 1.54) is 0 Å². The first-order chi connectivity index (χ1) is 7.81. The summed E-state index contributed by atoms with van der Waals surface area (Å²) in [6.45, 7) is 0. The van der Waals surface area contributed by atoms with E-state index in [4.69, 9.17) is 15.4 Å². The molecular weight excluding hydrogens is 200 g/mol. The van der Waals surface area contributed by atoms with Crippen molar-refractivity contribution in [2.24, 2.45) is 0 Å². The predicted octanol–water partition coefficient (Wildman–Crippen LogP) is 2.85. The number of allylic oxidation sites excluding steroid dienone is 1. The molecule has 1 aliphatic rings. The molecule has 0 unspecified atom stereocenters. The van der Waals surface area contributed by atoms with Gasteiger partial charge in [-0.25, -0.2) is 0 Å². The van der Waals surface area contributed by atoms with Crippen molar-refractivity contribution in [1.82, 2.24) is 0 Å². The van der Waals surface area contributed by atoms with Gasteiger partial charge in [-0.1, -0.05) is 12.2 Å².